The minimum atomic E-state index is 0.276. The minimum Gasteiger partial charge on any atom is -0.328 e. The van der Waals surface area contributed by atoms with Gasteiger partial charge < -0.3 is 15.5 Å². The fourth-order valence-electron chi connectivity index (χ4n) is 4.06. The molecule has 0 spiro atoms. The molecular weight excluding hydrogens is 264 g/mol. The van der Waals surface area contributed by atoms with Crippen LogP contribution in [0.25, 0.3) is 0 Å². The molecule has 2 N–H and O–H groups in total. The summed E-state index contributed by atoms with van der Waals surface area (Å²) in [6.45, 7) is 8.20. The van der Waals surface area contributed by atoms with Crippen LogP contribution in [0.1, 0.15) is 39.0 Å². The van der Waals surface area contributed by atoms with Gasteiger partial charge in [-0.25, -0.2) is 4.79 Å². The first-order valence-electron chi connectivity index (χ1n) is 8.67. The lowest BCUT2D eigenvalue weighted by molar-refractivity contribution is 0.127. The highest BCUT2D eigenvalue weighted by molar-refractivity contribution is 5.75. The van der Waals surface area contributed by atoms with Gasteiger partial charge in [0, 0.05) is 38.3 Å². The zero-order valence-corrected chi connectivity index (χ0v) is 13.3. The van der Waals surface area contributed by atoms with Gasteiger partial charge >= 0.3 is 6.03 Å². The summed E-state index contributed by atoms with van der Waals surface area (Å²) in [4.78, 5) is 19.3. The first-order chi connectivity index (χ1) is 10.1. The maximum Gasteiger partial charge on any atom is 0.320 e. The zero-order valence-electron chi connectivity index (χ0n) is 13.3. The summed E-state index contributed by atoms with van der Waals surface area (Å²) in [6.07, 6.45) is 5.77. The quantitative estimate of drug-likeness (QED) is 0.794. The molecule has 3 heterocycles. The Bertz CT molecular complexity index is 367. The highest BCUT2D eigenvalue weighted by atomic mass is 16.2. The second-order valence-electron chi connectivity index (χ2n) is 7.24. The molecule has 3 saturated heterocycles. The topological polar surface area (TPSA) is 52.8 Å². The number of carbonyl (C=O) groups is 1. The predicted molar refractivity (Wildman–Crippen MR) is 84.1 cm³/mol. The van der Waals surface area contributed by atoms with Crippen LogP contribution < -0.4 is 5.73 Å². The summed E-state index contributed by atoms with van der Waals surface area (Å²) < 4.78 is 0. The minimum absolute atomic E-state index is 0.276. The molecular formula is C16H30N4O. The second-order valence-corrected chi connectivity index (χ2v) is 7.24. The molecule has 3 rings (SSSR count). The number of rotatable bonds is 1. The van der Waals surface area contributed by atoms with Crippen molar-refractivity contribution >= 4 is 6.03 Å². The van der Waals surface area contributed by atoms with Gasteiger partial charge in [0.25, 0.3) is 0 Å². The molecule has 3 aliphatic heterocycles. The van der Waals surface area contributed by atoms with Crippen molar-refractivity contribution in [3.63, 3.8) is 0 Å². The van der Waals surface area contributed by atoms with Crippen LogP contribution in [0.5, 0.6) is 0 Å². The zero-order chi connectivity index (χ0) is 14.8. The van der Waals surface area contributed by atoms with E-state index >= 15 is 0 Å². The van der Waals surface area contributed by atoms with Gasteiger partial charge in [-0.2, -0.15) is 0 Å². The second kappa shape index (κ2) is 6.53. The van der Waals surface area contributed by atoms with Crippen molar-refractivity contribution in [3.8, 4) is 0 Å². The first kappa shape index (κ1) is 15.1. The van der Waals surface area contributed by atoms with E-state index in [9.17, 15) is 4.79 Å². The molecule has 0 aliphatic carbocycles. The van der Waals surface area contributed by atoms with Crippen LogP contribution in [0, 0.1) is 5.92 Å². The molecule has 0 bridgehead atoms. The van der Waals surface area contributed by atoms with Crippen molar-refractivity contribution in [2.45, 2.75) is 51.1 Å². The Hall–Kier alpha value is -0.810. The molecule has 0 aromatic heterocycles. The van der Waals surface area contributed by atoms with Gasteiger partial charge in [0.05, 0.1) is 0 Å². The van der Waals surface area contributed by atoms with E-state index in [1.807, 2.05) is 0 Å². The molecule has 0 saturated carbocycles. The third-order valence-electron chi connectivity index (χ3n) is 5.45. The molecule has 5 heteroatoms. The van der Waals surface area contributed by atoms with Crippen molar-refractivity contribution < 1.29 is 4.79 Å². The monoisotopic (exact) mass is 294 g/mol. The van der Waals surface area contributed by atoms with Gasteiger partial charge in [0.2, 0.25) is 0 Å². The molecule has 21 heavy (non-hydrogen) atoms. The third-order valence-corrected chi connectivity index (χ3v) is 5.45. The Kier molecular flexibility index (Phi) is 4.69. The van der Waals surface area contributed by atoms with Gasteiger partial charge in [-0.3, -0.25) is 4.90 Å². The van der Waals surface area contributed by atoms with Gasteiger partial charge in [0.1, 0.15) is 0 Å². The van der Waals surface area contributed by atoms with Gasteiger partial charge in [-0.05, 0) is 51.1 Å². The summed E-state index contributed by atoms with van der Waals surface area (Å²) in [7, 11) is 0. The Morgan fingerprint density at radius 3 is 2.38 bits per heavy atom. The highest BCUT2D eigenvalue weighted by Crippen LogP contribution is 2.23. The number of carbonyl (C=O) groups excluding carboxylic acids is 1. The van der Waals surface area contributed by atoms with E-state index in [0.717, 1.165) is 65.0 Å². The molecule has 3 fully saturated rings. The van der Waals surface area contributed by atoms with E-state index in [0.29, 0.717) is 18.0 Å². The molecule has 0 aromatic rings. The molecule has 2 atom stereocenters. The number of piperidine rings is 2. The summed E-state index contributed by atoms with van der Waals surface area (Å²) >= 11 is 0. The molecule has 120 valence electrons. The van der Waals surface area contributed by atoms with Crippen LogP contribution >= 0.6 is 0 Å². The number of likely N-dealkylation sites (tertiary alicyclic amines) is 3. The highest BCUT2D eigenvalue weighted by Gasteiger charge is 2.34. The van der Waals surface area contributed by atoms with E-state index < -0.39 is 0 Å². The fraction of sp³-hybridized carbons (Fsp3) is 0.938. The fourth-order valence-corrected chi connectivity index (χ4v) is 4.06. The summed E-state index contributed by atoms with van der Waals surface area (Å²) in [6, 6.07) is 1.22. The first-order valence-corrected chi connectivity index (χ1v) is 8.67. The summed E-state index contributed by atoms with van der Waals surface area (Å²) in [5.41, 5.74) is 5.98. The number of hydrogen-bond acceptors (Lipinski definition) is 3. The molecule has 0 radical (unpaired) electrons. The molecule has 0 aromatic carbocycles. The molecule has 3 aliphatic rings. The maximum absolute atomic E-state index is 12.6. The normalized spacial score (nSPS) is 32.7. The van der Waals surface area contributed by atoms with Crippen LogP contribution in [-0.4, -0.2) is 72.1 Å². The van der Waals surface area contributed by atoms with Crippen molar-refractivity contribution in [2.75, 3.05) is 39.3 Å². The van der Waals surface area contributed by atoms with E-state index in [2.05, 4.69) is 21.6 Å². The van der Waals surface area contributed by atoms with E-state index in [4.69, 9.17) is 5.73 Å². The van der Waals surface area contributed by atoms with Crippen LogP contribution in [-0.2, 0) is 0 Å². The largest absolute Gasteiger partial charge is 0.328 e. The maximum atomic E-state index is 12.6. The van der Waals surface area contributed by atoms with Crippen LogP contribution in [0.3, 0.4) is 0 Å². The molecule has 2 amide bonds. The van der Waals surface area contributed by atoms with E-state index in [1.165, 1.54) is 6.42 Å². The predicted octanol–water partition coefficient (Wildman–Crippen LogP) is 1.34. The van der Waals surface area contributed by atoms with Crippen molar-refractivity contribution in [3.05, 3.63) is 0 Å². The van der Waals surface area contributed by atoms with Gasteiger partial charge in [-0.1, -0.05) is 6.92 Å². The Morgan fingerprint density at radius 2 is 1.67 bits per heavy atom. The lowest BCUT2D eigenvalue weighted by atomic mass is 10.0. The number of nitrogens with two attached hydrogens (primary N) is 1. The van der Waals surface area contributed by atoms with Gasteiger partial charge in [0.15, 0.2) is 0 Å². The van der Waals surface area contributed by atoms with Crippen LogP contribution in [0.15, 0.2) is 0 Å². The van der Waals surface area contributed by atoms with Crippen molar-refractivity contribution in [2.24, 2.45) is 11.7 Å². The lowest BCUT2D eigenvalue weighted by Gasteiger charge is -2.36. The summed E-state index contributed by atoms with van der Waals surface area (Å²) in [5.74, 6) is 0.657. The number of urea groups is 1. The van der Waals surface area contributed by atoms with E-state index in [1.54, 1.807) is 0 Å². The molecule has 2 unspecified atom stereocenters. The van der Waals surface area contributed by atoms with Crippen molar-refractivity contribution in [1.82, 2.24) is 14.7 Å². The van der Waals surface area contributed by atoms with E-state index in [-0.39, 0.29) is 6.03 Å². The smallest absolute Gasteiger partial charge is 0.320 e. The lowest BCUT2D eigenvalue weighted by Crippen LogP contribution is -2.49. The SMILES string of the molecule is CC1CCCN(C(=O)N2CCC(N3CCC(N)CC3)C2)C1. The number of nitrogens with zero attached hydrogens (tertiary/aromatic N) is 3. The van der Waals surface area contributed by atoms with Crippen LogP contribution in [0.2, 0.25) is 0 Å². The Labute approximate surface area is 128 Å². The van der Waals surface area contributed by atoms with Gasteiger partial charge in [-0.15, -0.1) is 0 Å². The standard InChI is InChI=1S/C16H30N4O/c1-13-3-2-7-19(11-13)16(21)20-10-6-15(12-20)18-8-4-14(17)5-9-18/h13-15H,2-12,17H2,1H3. The average molecular weight is 294 g/mol. The van der Waals surface area contributed by atoms with Crippen LogP contribution in [0.4, 0.5) is 4.79 Å². The molecule has 5 nitrogen and oxygen atoms in total. The number of hydrogen-bond donors (Lipinski definition) is 1. The Balaban J connectivity index is 1.50. The number of amides is 2. The van der Waals surface area contributed by atoms with Crippen molar-refractivity contribution in [1.29, 1.82) is 0 Å². The Morgan fingerprint density at radius 1 is 0.952 bits per heavy atom. The average Bonchev–Trinajstić information content (AvgIpc) is 2.97. The summed E-state index contributed by atoms with van der Waals surface area (Å²) in [5, 5.41) is 0. The third kappa shape index (κ3) is 3.51.